The number of benzene rings is 2. The first-order chi connectivity index (χ1) is 14.8. The van der Waals surface area contributed by atoms with Crippen molar-refractivity contribution in [2.24, 2.45) is 5.41 Å². The molecule has 2 heterocycles. The number of furan rings is 1. The van der Waals surface area contributed by atoms with Crippen molar-refractivity contribution in [2.45, 2.75) is 64.8 Å². The van der Waals surface area contributed by atoms with Crippen molar-refractivity contribution in [1.82, 2.24) is 14.9 Å². The SMILES string of the molecule is C[C@H](NS(=O)(=O)c1ccc2oc3cc(-c4noc(C(C)(C)C)n4)ccc3c2c1)C(C)(C)C. The molecule has 0 amide bonds. The molecule has 0 spiro atoms. The molecule has 2 aromatic heterocycles. The van der Waals surface area contributed by atoms with Crippen molar-refractivity contribution in [2.75, 3.05) is 0 Å². The monoisotopic (exact) mass is 455 g/mol. The molecule has 0 fully saturated rings. The molecule has 0 saturated heterocycles. The summed E-state index contributed by atoms with van der Waals surface area (Å²) in [6, 6.07) is 10.3. The Labute approximate surface area is 188 Å². The molecule has 8 heteroatoms. The lowest BCUT2D eigenvalue weighted by molar-refractivity contribution is 0.317. The van der Waals surface area contributed by atoms with Crippen LogP contribution in [0.2, 0.25) is 0 Å². The third kappa shape index (κ3) is 4.17. The van der Waals surface area contributed by atoms with Crippen LogP contribution in [0.5, 0.6) is 0 Å². The topological polar surface area (TPSA) is 98.2 Å². The molecule has 170 valence electrons. The van der Waals surface area contributed by atoms with Gasteiger partial charge >= 0.3 is 0 Å². The molecule has 0 unspecified atom stereocenters. The van der Waals surface area contributed by atoms with Gasteiger partial charge in [-0.1, -0.05) is 52.8 Å². The summed E-state index contributed by atoms with van der Waals surface area (Å²) >= 11 is 0. The van der Waals surface area contributed by atoms with Gasteiger partial charge in [-0.25, -0.2) is 13.1 Å². The highest BCUT2D eigenvalue weighted by Crippen LogP contribution is 2.34. The predicted molar refractivity (Wildman–Crippen MR) is 125 cm³/mol. The largest absolute Gasteiger partial charge is 0.456 e. The van der Waals surface area contributed by atoms with Crippen molar-refractivity contribution >= 4 is 32.0 Å². The van der Waals surface area contributed by atoms with Crippen LogP contribution in [0, 0.1) is 5.41 Å². The molecular formula is C24H29N3O4S. The van der Waals surface area contributed by atoms with Crippen LogP contribution >= 0.6 is 0 Å². The van der Waals surface area contributed by atoms with Gasteiger partial charge in [-0.2, -0.15) is 4.98 Å². The third-order valence-corrected chi connectivity index (χ3v) is 7.25. The van der Waals surface area contributed by atoms with E-state index < -0.39 is 10.0 Å². The van der Waals surface area contributed by atoms with Crippen LogP contribution < -0.4 is 4.72 Å². The highest BCUT2D eigenvalue weighted by molar-refractivity contribution is 7.89. The van der Waals surface area contributed by atoms with Gasteiger partial charge in [-0.3, -0.25) is 0 Å². The van der Waals surface area contributed by atoms with Crippen LogP contribution in [0.25, 0.3) is 33.3 Å². The highest BCUT2D eigenvalue weighted by Gasteiger charge is 2.27. The molecule has 32 heavy (non-hydrogen) atoms. The quantitative estimate of drug-likeness (QED) is 0.427. The van der Waals surface area contributed by atoms with Gasteiger partial charge in [0, 0.05) is 27.8 Å². The number of fused-ring (bicyclic) bond motifs is 3. The van der Waals surface area contributed by atoms with Gasteiger partial charge < -0.3 is 8.94 Å². The van der Waals surface area contributed by atoms with Gasteiger partial charge in [0.1, 0.15) is 11.2 Å². The molecule has 4 aromatic rings. The molecule has 1 atom stereocenters. The number of sulfonamides is 1. The normalized spacial score (nSPS) is 14.3. The number of aromatic nitrogens is 2. The summed E-state index contributed by atoms with van der Waals surface area (Å²) in [5.41, 5.74) is 1.57. The van der Waals surface area contributed by atoms with Crippen molar-refractivity contribution in [3.63, 3.8) is 0 Å². The van der Waals surface area contributed by atoms with Gasteiger partial charge in [-0.15, -0.1) is 0 Å². The van der Waals surface area contributed by atoms with E-state index in [0.717, 1.165) is 16.3 Å². The standard InChI is InChI=1S/C24H29N3O4S/c1-14(23(2,3)4)27-32(28,29)16-9-11-19-18(13-16)17-10-8-15(12-20(17)30-19)21-25-22(31-26-21)24(5,6)7/h8-14,27H,1-7H3/t14-/m0/s1. The van der Waals surface area contributed by atoms with Gasteiger partial charge in [0.15, 0.2) is 0 Å². The fourth-order valence-electron chi connectivity index (χ4n) is 3.19. The van der Waals surface area contributed by atoms with Crippen LogP contribution in [0.15, 0.2) is 50.2 Å². The first-order valence-corrected chi connectivity index (χ1v) is 12.1. The third-order valence-electron chi connectivity index (χ3n) is 5.71. The Morgan fingerprint density at radius 2 is 1.66 bits per heavy atom. The maximum Gasteiger partial charge on any atom is 0.240 e. The molecule has 7 nitrogen and oxygen atoms in total. The maximum atomic E-state index is 12.9. The van der Waals surface area contributed by atoms with E-state index in [1.54, 1.807) is 18.2 Å². The van der Waals surface area contributed by atoms with E-state index in [2.05, 4.69) is 14.9 Å². The lowest BCUT2D eigenvalue weighted by Gasteiger charge is -2.27. The zero-order chi connectivity index (χ0) is 23.5. The van der Waals surface area contributed by atoms with Gasteiger partial charge in [0.05, 0.1) is 4.90 Å². The minimum absolute atomic E-state index is 0.197. The summed E-state index contributed by atoms with van der Waals surface area (Å²) in [4.78, 5) is 4.71. The van der Waals surface area contributed by atoms with Crippen LogP contribution in [0.1, 0.15) is 54.4 Å². The molecular weight excluding hydrogens is 426 g/mol. The molecule has 0 aliphatic carbocycles. The minimum atomic E-state index is -3.67. The number of hydrogen-bond acceptors (Lipinski definition) is 6. The first-order valence-electron chi connectivity index (χ1n) is 10.6. The predicted octanol–water partition coefficient (Wildman–Crippen LogP) is 5.65. The zero-order valence-corrected chi connectivity index (χ0v) is 20.3. The van der Waals surface area contributed by atoms with Crippen molar-refractivity contribution < 1.29 is 17.4 Å². The van der Waals surface area contributed by atoms with E-state index in [0.29, 0.717) is 22.9 Å². The van der Waals surface area contributed by atoms with E-state index in [4.69, 9.17) is 8.94 Å². The Balaban J connectivity index is 1.73. The van der Waals surface area contributed by atoms with E-state index in [1.807, 2.05) is 66.7 Å². The van der Waals surface area contributed by atoms with Crippen molar-refractivity contribution in [3.8, 4) is 11.4 Å². The fraction of sp³-hybridized carbons (Fsp3) is 0.417. The van der Waals surface area contributed by atoms with Crippen LogP contribution in [-0.4, -0.2) is 24.6 Å². The van der Waals surface area contributed by atoms with Gasteiger partial charge in [0.25, 0.3) is 0 Å². The van der Waals surface area contributed by atoms with Crippen LogP contribution in [-0.2, 0) is 15.4 Å². The summed E-state index contributed by atoms with van der Waals surface area (Å²) in [5.74, 6) is 1.05. The zero-order valence-electron chi connectivity index (χ0n) is 19.5. The number of nitrogens with one attached hydrogen (secondary N) is 1. The van der Waals surface area contributed by atoms with Gasteiger partial charge in [-0.05, 0) is 42.7 Å². The second-order valence-electron chi connectivity index (χ2n) is 10.4. The molecule has 0 bridgehead atoms. The minimum Gasteiger partial charge on any atom is -0.456 e. The Bertz CT molecular complexity index is 1400. The first kappa shape index (κ1) is 22.5. The number of hydrogen-bond donors (Lipinski definition) is 1. The second kappa shape index (κ2) is 7.42. The maximum absolute atomic E-state index is 12.9. The summed E-state index contributed by atoms with van der Waals surface area (Å²) in [5, 5.41) is 5.65. The molecule has 1 N–H and O–H groups in total. The average molecular weight is 456 g/mol. The summed E-state index contributed by atoms with van der Waals surface area (Å²) in [7, 11) is -3.67. The van der Waals surface area contributed by atoms with E-state index in [1.165, 1.54) is 0 Å². The smallest absolute Gasteiger partial charge is 0.240 e. The summed E-state index contributed by atoms with van der Waals surface area (Å²) in [6.07, 6.45) is 0. The van der Waals surface area contributed by atoms with Crippen LogP contribution in [0.3, 0.4) is 0 Å². The van der Waals surface area contributed by atoms with Crippen molar-refractivity contribution in [1.29, 1.82) is 0 Å². The van der Waals surface area contributed by atoms with E-state index in [-0.39, 0.29) is 21.8 Å². The lowest BCUT2D eigenvalue weighted by atomic mass is 9.89. The Kier molecular flexibility index (Phi) is 5.21. The molecule has 2 aromatic carbocycles. The van der Waals surface area contributed by atoms with Crippen molar-refractivity contribution in [3.05, 3.63) is 42.3 Å². The molecule has 0 radical (unpaired) electrons. The van der Waals surface area contributed by atoms with E-state index in [9.17, 15) is 8.42 Å². The summed E-state index contributed by atoms with van der Waals surface area (Å²) in [6.45, 7) is 13.9. The molecule has 0 saturated carbocycles. The Morgan fingerprint density at radius 1 is 0.938 bits per heavy atom. The molecule has 0 aliphatic heterocycles. The van der Waals surface area contributed by atoms with Gasteiger partial charge in [0.2, 0.25) is 21.7 Å². The van der Waals surface area contributed by atoms with E-state index >= 15 is 0 Å². The average Bonchev–Trinajstić information content (AvgIpc) is 3.30. The Hall–Kier alpha value is -2.71. The lowest BCUT2D eigenvalue weighted by Crippen LogP contribution is -2.41. The fourth-order valence-corrected chi connectivity index (χ4v) is 4.66. The molecule has 4 rings (SSSR count). The summed E-state index contributed by atoms with van der Waals surface area (Å²) < 4.78 is 40.1. The second-order valence-corrected chi connectivity index (χ2v) is 12.1. The number of nitrogens with zero attached hydrogens (tertiary/aromatic N) is 2. The molecule has 0 aliphatic rings. The highest BCUT2D eigenvalue weighted by atomic mass is 32.2. The number of rotatable bonds is 4. The Morgan fingerprint density at radius 3 is 2.28 bits per heavy atom. The van der Waals surface area contributed by atoms with Crippen LogP contribution in [0.4, 0.5) is 0 Å².